The largest absolute Gasteiger partial charge is 0.337 e. The fraction of sp³-hybridized carbons (Fsp3) is 0.200. The van der Waals surface area contributed by atoms with Gasteiger partial charge in [-0.2, -0.15) is 16.6 Å². The molecular weight excluding hydrogens is 270 g/mol. The lowest BCUT2D eigenvalue weighted by atomic mass is 10.1. The summed E-state index contributed by atoms with van der Waals surface area (Å²) in [5, 5.41) is 18.2. The normalized spacial score (nSPS) is 11.4. The van der Waals surface area contributed by atoms with Gasteiger partial charge in [-0.15, -0.1) is 0 Å². The van der Waals surface area contributed by atoms with E-state index in [-0.39, 0.29) is 11.9 Å². The molecule has 1 aromatic carbocycles. The van der Waals surface area contributed by atoms with Gasteiger partial charge in [-0.05, 0) is 47.0 Å². The first-order valence-corrected chi connectivity index (χ1v) is 7.20. The standard InChI is InChI=1S/C15H15N3OS/c1-11(8-16)9-17-15(19)18-14-4-2-3-12(7-14)13-5-6-20-10-13/h2-7,10-11H,9H2,1H3,(H2,17,18,19). The maximum Gasteiger partial charge on any atom is 0.319 e. The Balaban J connectivity index is 1.98. The lowest BCUT2D eigenvalue weighted by molar-refractivity contribution is 0.251. The molecule has 0 radical (unpaired) electrons. The third kappa shape index (κ3) is 3.84. The van der Waals surface area contributed by atoms with Gasteiger partial charge in [-0.3, -0.25) is 0 Å². The number of nitriles is 1. The van der Waals surface area contributed by atoms with Crippen LogP contribution in [0.5, 0.6) is 0 Å². The second-order valence-electron chi connectivity index (χ2n) is 4.46. The number of hydrogen-bond acceptors (Lipinski definition) is 3. The lowest BCUT2D eigenvalue weighted by Gasteiger charge is -2.09. The van der Waals surface area contributed by atoms with Crippen molar-refractivity contribution < 1.29 is 4.79 Å². The van der Waals surface area contributed by atoms with E-state index in [2.05, 4.69) is 22.1 Å². The number of urea groups is 1. The Morgan fingerprint density at radius 2 is 2.25 bits per heavy atom. The number of benzene rings is 1. The van der Waals surface area contributed by atoms with Crippen LogP contribution in [-0.2, 0) is 0 Å². The molecule has 0 fully saturated rings. The van der Waals surface area contributed by atoms with Crippen LogP contribution >= 0.6 is 11.3 Å². The molecule has 2 N–H and O–H groups in total. The SMILES string of the molecule is CC(C#N)CNC(=O)Nc1cccc(-c2ccsc2)c1. The Hall–Kier alpha value is -2.32. The highest BCUT2D eigenvalue weighted by atomic mass is 32.1. The van der Waals surface area contributed by atoms with E-state index in [0.29, 0.717) is 6.54 Å². The zero-order valence-corrected chi connectivity index (χ0v) is 11.9. The van der Waals surface area contributed by atoms with E-state index < -0.39 is 0 Å². The van der Waals surface area contributed by atoms with Crippen LogP contribution in [0.15, 0.2) is 41.1 Å². The molecule has 20 heavy (non-hydrogen) atoms. The first-order chi connectivity index (χ1) is 9.69. The number of nitrogens with one attached hydrogen (secondary N) is 2. The number of thiophene rings is 1. The number of hydrogen-bond donors (Lipinski definition) is 2. The molecule has 0 aliphatic rings. The Morgan fingerprint density at radius 1 is 1.40 bits per heavy atom. The maximum atomic E-state index is 11.7. The molecule has 0 saturated heterocycles. The summed E-state index contributed by atoms with van der Waals surface area (Å²) in [6, 6.07) is 11.5. The zero-order valence-electron chi connectivity index (χ0n) is 11.1. The number of rotatable bonds is 4. The third-order valence-corrected chi connectivity index (χ3v) is 3.45. The van der Waals surface area contributed by atoms with Gasteiger partial charge in [0.2, 0.25) is 0 Å². The summed E-state index contributed by atoms with van der Waals surface area (Å²) in [5.41, 5.74) is 2.93. The third-order valence-electron chi connectivity index (χ3n) is 2.76. The minimum absolute atomic E-state index is 0.196. The van der Waals surface area contributed by atoms with Crippen LogP contribution in [-0.4, -0.2) is 12.6 Å². The van der Waals surface area contributed by atoms with Crippen molar-refractivity contribution in [3.63, 3.8) is 0 Å². The van der Waals surface area contributed by atoms with Crippen molar-refractivity contribution in [3.05, 3.63) is 41.1 Å². The molecule has 102 valence electrons. The van der Waals surface area contributed by atoms with E-state index in [4.69, 9.17) is 5.26 Å². The highest BCUT2D eigenvalue weighted by Gasteiger charge is 2.05. The molecule has 0 bridgehead atoms. The van der Waals surface area contributed by atoms with Crippen molar-refractivity contribution in [1.82, 2.24) is 5.32 Å². The second-order valence-corrected chi connectivity index (χ2v) is 5.24. The second kappa shape index (κ2) is 6.73. The monoisotopic (exact) mass is 285 g/mol. The average Bonchev–Trinajstić information content (AvgIpc) is 2.99. The van der Waals surface area contributed by atoms with E-state index in [1.165, 1.54) is 0 Å². The Kier molecular flexibility index (Phi) is 4.75. The van der Waals surface area contributed by atoms with Crippen molar-refractivity contribution in [2.24, 2.45) is 5.92 Å². The summed E-state index contributed by atoms with van der Waals surface area (Å²) in [6.45, 7) is 2.10. The van der Waals surface area contributed by atoms with Crippen molar-refractivity contribution >= 4 is 23.1 Å². The quantitative estimate of drug-likeness (QED) is 0.899. The fourth-order valence-electron chi connectivity index (χ4n) is 1.67. The molecule has 1 aromatic heterocycles. The topological polar surface area (TPSA) is 64.9 Å². The summed E-state index contributed by atoms with van der Waals surface area (Å²) in [5.74, 6) is -0.196. The summed E-state index contributed by atoms with van der Waals surface area (Å²) < 4.78 is 0. The Morgan fingerprint density at radius 3 is 2.95 bits per heavy atom. The Bertz CT molecular complexity index is 616. The van der Waals surface area contributed by atoms with Gasteiger partial charge in [0.05, 0.1) is 12.0 Å². The van der Waals surface area contributed by atoms with Crippen LogP contribution in [0.1, 0.15) is 6.92 Å². The number of anilines is 1. The predicted octanol–water partition coefficient (Wildman–Crippen LogP) is 3.70. The molecule has 4 nitrogen and oxygen atoms in total. The van der Waals surface area contributed by atoms with Crippen LogP contribution in [0.2, 0.25) is 0 Å². The van der Waals surface area contributed by atoms with E-state index in [1.54, 1.807) is 18.3 Å². The van der Waals surface area contributed by atoms with E-state index >= 15 is 0 Å². The summed E-state index contributed by atoms with van der Waals surface area (Å²) in [4.78, 5) is 11.7. The molecule has 5 heteroatoms. The lowest BCUT2D eigenvalue weighted by Crippen LogP contribution is -2.31. The maximum absolute atomic E-state index is 11.7. The number of nitrogens with zero attached hydrogens (tertiary/aromatic N) is 1. The minimum atomic E-state index is -0.297. The molecule has 2 rings (SSSR count). The molecule has 1 atom stereocenters. The van der Waals surface area contributed by atoms with Crippen LogP contribution in [0, 0.1) is 17.2 Å². The molecule has 1 heterocycles. The van der Waals surface area contributed by atoms with Gasteiger partial charge in [0.15, 0.2) is 0 Å². The van der Waals surface area contributed by atoms with Crippen molar-refractivity contribution in [2.75, 3.05) is 11.9 Å². The molecular formula is C15H15N3OS. The predicted molar refractivity (Wildman–Crippen MR) is 81.6 cm³/mol. The molecule has 2 amide bonds. The van der Waals surface area contributed by atoms with Gasteiger partial charge in [0, 0.05) is 12.2 Å². The highest BCUT2D eigenvalue weighted by molar-refractivity contribution is 7.08. The van der Waals surface area contributed by atoms with Gasteiger partial charge >= 0.3 is 6.03 Å². The van der Waals surface area contributed by atoms with Gasteiger partial charge in [-0.25, -0.2) is 4.79 Å². The van der Waals surface area contributed by atoms with Crippen LogP contribution < -0.4 is 10.6 Å². The average molecular weight is 285 g/mol. The van der Waals surface area contributed by atoms with Crippen molar-refractivity contribution in [1.29, 1.82) is 5.26 Å². The highest BCUT2D eigenvalue weighted by Crippen LogP contribution is 2.24. The van der Waals surface area contributed by atoms with E-state index in [1.807, 2.05) is 35.7 Å². The van der Waals surface area contributed by atoms with E-state index in [0.717, 1.165) is 16.8 Å². The number of carbonyl (C=O) groups excluding carboxylic acids is 1. The minimum Gasteiger partial charge on any atom is -0.337 e. The molecule has 0 spiro atoms. The van der Waals surface area contributed by atoms with Crippen molar-refractivity contribution in [3.8, 4) is 17.2 Å². The van der Waals surface area contributed by atoms with Gasteiger partial charge < -0.3 is 10.6 Å². The summed E-state index contributed by atoms with van der Waals surface area (Å²) >= 11 is 1.64. The first kappa shape index (κ1) is 14.1. The number of amides is 2. The van der Waals surface area contributed by atoms with Gasteiger partial charge in [0.1, 0.15) is 0 Å². The van der Waals surface area contributed by atoms with Crippen molar-refractivity contribution in [2.45, 2.75) is 6.92 Å². The molecule has 0 saturated carbocycles. The first-order valence-electron chi connectivity index (χ1n) is 6.26. The van der Waals surface area contributed by atoms with Crippen LogP contribution in [0.25, 0.3) is 11.1 Å². The van der Waals surface area contributed by atoms with Gasteiger partial charge in [-0.1, -0.05) is 12.1 Å². The Labute approximate surface area is 122 Å². The van der Waals surface area contributed by atoms with Gasteiger partial charge in [0.25, 0.3) is 0 Å². The van der Waals surface area contributed by atoms with E-state index in [9.17, 15) is 4.79 Å². The van der Waals surface area contributed by atoms with Crippen LogP contribution in [0.3, 0.4) is 0 Å². The molecule has 0 aliphatic heterocycles. The number of carbonyl (C=O) groups is 1. The van der Waals surface area contributed by atoms with Crippen LogP contribution in [0.4, 0.5) is 10.5 Å². The molecule has 1 unspecified atom stereocenters. The smallest absolute Gasteiger partial charge is 0.319 e. The molecule has 2 aromatic rings. The molecule has 0 aliphatic carbocycles. The summed E-state index contributed by atoms with van der Waals surface area (Å²) in [7, 11) is 0. The fourth-order valence-corrected chi connectivity index (χ4v) is 2.34. The zero-order chi connectivity index (χ0) is 14.4. The summed E-state index contributed by atoms with van der Waals surface area (Å²) in [6.07, 6.45) is 0.